The number of para-hydroxylation sites is 4. The lowest BCUT2D eigenvalue weighted by Crippen LogP contribution is -2.46. The molecule has 2 aromatic carbocycles. The molecule has 0 spiro atoms. The normalized spacial score (nSPS) is 15.5. The molecule has 2 aromatic rings. The lowest BCUT2D eigenvalue weighted by Gasteiger charge is -2.29. The van der Waals surface area contributed by atoms with Crippen molar-refractivity contribution in [2.45, 2.75) is 19.4 Å². The molecule has 8 heteroatoms. The van der Waals surface area contributed by atoms with Gasteiger partial charge in [-0.2, -0.15) is 0 Å². The molecule has 1 atom stereocenters. The van der Waals surface area contributed by atoms with E-state index in [4.69, 9.17) is 9.47 Å². The molecule has 3 rings (SSSR count). The number of ether oxygens (including phenoxy) is 2. The Labute approximate surface area is 175 Å². The van der Waals surface area contributed by atoms with Crippen LogP contribution in [0.4, 0.5) is 11.4 Å². The second-order valence-electron chi connectivity index (χ2n) is 7.07. The number of hydrogen-bond acceptors (Lipinski definition) is 5. The largest absolute Gasteiger partial charge is 0.493 e. The molecule has 3 amide bonds. The van der Waals surface area contributed by atoms with Crippen LogP contribution in [0, 0.1) is 0 Å². The third-order valence-electron chi connectivity index (χ3n) is 4.85. The Morgan fingerprint density at radius 2 is 1.80 bits per heavy atom. The summed E-state index contributed by atoms with van der Waals surface area (Å²) in [6.07, 6.45) is 0.176. The van der Waals surface area contributed by atoms with Crippen molar-refractivity contribution in [2.75, 3.05) is 37.5 Å². The molecule has 0 bridgehead atoms. The first-order valence-electron chi connectivity index (χ1n) is 9.61. The van der Waals surface area contributed by atoms with Crippen molar-refractivity contribution >= 4 is 29.1 Å². The van der Waals surface area contributed by atoms with Crippen molar-refractivity contribution in [1.82, 2.24) is 4.90 Å². The Hall–Kier alpha value is -3.55. The maximum atomic E-state index is 13.1. The monoisotopic (exact) mass is 411 g/mol. The molecule has 8 nitrogen and oxygen atoms in total. The van der Waals surface area contributed by atoms with Gasteiger partial charge in [-0.3, -0.25) is 14.4 Å². The minimum Gasteiger partial charge on any atom is -0.493 e. The minimum atomic E-state index is -0.348. The topological polar surface area (TPSA) is 88.2 Å². The van der Waals surface area contributed by atoms with Gasteiger partial charge in [-0.1, -0.05) is 24.3 Å². The van der Waals surface area contributed by atoms with Crippen LogP contribution in [0.1, 0.15) is 13.3 Å². The van der Waals surface area contributed by atoms with E-state index >= 15 is 0 Å². The fraction of sp³-hybridized carbons (Fsp3) is 0.318. The van der Waals surface area contributed by atoms with Crippen LogP contribution in [0.25, 0.3) is 0 Å². The maximum absolute atomic E-state index is 13.1. The van der Waals surface area contributed by atoms with Crippen LogP contribution in [0.15, 0.2) is 48.5 Å². The number of rotatable bonds is 6. The number of anilines is 2. The van der Waals surface area contributed by atoms with E-state index in [1.165, 1.54) is 12.0 Å². The van der Waals surface area contributed by atoms with Gasteiger partial charge in [-0.05, 0) is 31.2 Å². The lowest BCUT2D eigenvalue weighted by atomic mass is 10.1. The molecule has 1 heterocycles. The van der Waals surface area contributed by atoms with E-state index in [1.54, 1.807) is 60.5 Å². The van der Waals surface area contributed by atoms with Crippen LogP contribution in [-0.4, -0.2) is 56.0 Å². The van der Waals surface area contributed by atoms with E-state index in [1.807, 2.05) is 6.92 Å². The summed E-state index contributed by atoms with van der Waals surface area (Å²) in [6, 6.07) is 13.8. The number of carbonyl (C=O) groups excluding carboxylic acids is 3. The molecular formula is C22H25N3O5. The molecule has 0 fully saturated rings. The van der Waals surface area contributed by atoms with Crippen molar-refractivity contribution in [2.24, 2.45) is 0 Å². The summed E-state index contributed by atoms with van der Waals surface area (Å²) in [5.41, 5.74) is 1.20. The number of fused-ring (bicyclic) bond motifs is 1. The molecule has 0 aliphatic carbocycles. The van der Waals surface area contributed by atoms with E-state index in [2.05, 4.69) is 5.32 Å². The van der Waals surface area contributed by atoms with Gasteiger partial charge >= 0.3 is 0 Å². The number of methoxy groups -OCH3 is 1. The first-order valence-corrected chi connectivity index (χ1v) is 9.61. The molecule has 1 N–H and O–H groups in total. The number of hydrogen-bond donors (Lipinski definition) is 1. The summed E-state index contributed by atoms with van der Waals surface area (Å²) in [7, 11) is 3.07. The van der Waals surface area contributed by atoms with Gasteiger partial charge in [0.15, 0.2) is 18.1 Å². The summed E-state index contributed by atoms with van der Waals surface area (Å²) in [5.74, 6) is 0.197. The van der Waals surface area contributed by atoms with Crippen LogP contribution in [0.5, 0.6) is 11.5 Å². The van der Waals surface area contributed by atoms with Crippen LogP contribution < -0.4 is 19.7 Å². The lowest BCUT2D eigenvalue weighted by molar-refractivity contribution is -0.135. The molecule has 30 heavy (non-hydrogen) atoms. The SMILES string of the molecule is COc1ccccc1OCC(=O)N(C)CC(=O)N1c2ccccc2NC(=O)C[C@@H]1C. The van der Waals surface area contributed by atoms with Gasteiger partial charge in [0.05, 0.1) is 25.0 Å². The van der Waals surface area contributed by atoms with Crippen molar-refractivity contribution in [3.8, 4) is 11.5 Å². The van der Waals surface area contributed by atoms with E-state index in [0.29, 0.717) is 22.9 Å². The van der Waals surface area contributed by atoms with Gasteiger partial charge in [0.2, 0.25) is 11.8 Å². The Kier molecular flexibility index (Phi) is 6.56. The molecular weight excluding hydrogens is 386 g/mol. The van der Waals surface area contributed by atoms with Gasteiger partial charge in [-0.25, -0.2) is 0 Å². The van der Waals surface area contributed by atoms with E-state index in [9.17, 15) is 14.4 Å². The number of likely N-dealkylation sites (N-methyl/N-ethyl adjacent to an activating group) is 1. The molecule has 1 aliphatic heterocycles. The zero-order valence-electron chi connectivity index (χ0n) is 17.3. The number of nitrogens with one attached hydrogen (secondary N) is 1. The van der Waals surface area contributed by atoms with Gasteiger partial charge in [-0.15, -0.1) is 0 Å². The van der Waals surface area contributed by atoms with Crippen molar-refractivity contribution < 1.29 is 23.9 Å². The Bertz CT molecular complexity index is 946. The van der Waals surface area contributed by atoms with E-state index in [-0.39, 0.29) is 43.3 Å². The van der Waals surface area contributed by atoms with Crippen molar-refractivity contribution in [3.05, 3.63) is 48.5 Å². The highest BCUT2D eigenvalue weighted by Crippen LogP contribution is 2.31. The van der Waals surface area contributed by atoms with E-state index < -0.39 is 0 Å². The number of nitrogens with zero attached hydrogens (tertiary/aromatic N) is 2. The maximum Gasteiger partial charge on any atom is 0.260 e. The first-order chi connectivity index (χ1) is 14.4. The molecule has 1 aliphatic rings. The van der Waals surface area contributed by atoms with Crippen molar-refractivity contribution in [3.63, 3.8) is 0 Å². The predicted octanol–water partition coefficient (Wildman–Crippen LogP) is 2.30. The van der Waals surface area contributed by atoms with Gasteiger partial charge in [0, 0.05) is 19.5 Å². The molecule has 0 aromatic heterocycles. The second kappa shape index (κ2) is 9.30. The summed E-state index contributed by atoms with van der Waals surface area (Å²) in [5, 5.41) is 2.82. The van der Waals surface area contributed by atoms with Gasteiger partial charge < -0.3 is 24.6 Å². The summed E-state index contributed by atoms with van der Waals surface area (Å²) >= 11 is 0. The standard InChI is InChI=1S/C22H25N3O5/c1-15-12-20(26)23-16-8-4-5-9-17(16)25(15)21(27)13-24(2)22(28)14-30-19-11-7-6-10-18(19)29-3/h4-11,15H,12-14H2,1-3H3,(H,23,26)/t15-/m0/s1. The zero-order chi connectivity index (χ0) is 21.7. The smallest absolute Gasteiger partial charge is 0.260 e. The third-order valence-corrected chi connectivity index (χ3v) is 4.85. The molecule has 0 saturated carbocycles. The Morgan fingerprint density at radius 1 is 1.13 bits per heavy atom. The third kappa shape index (κ3) is 4.71. The first kappa shape index (κ1) is 21.2. The molecule has 158 valence electrons. The summed E-state index contributed by atoms with van der Waals surface area (Å²) < 4.78 is 10.8. The molecule has 0 saturated heterocycles. The molecule has 0 radical (unpaired) electrons. The highest BCUT2D eigenvalue weighted by Gasteiger charge is 2.30. The fourth-order valence-corrected chi connectivity index (χ4v) is 3.32. The Morgan fingerprint density at radius 3 is 2.53 bits per heavy atom. The zero-order valence-corrected chi connectivity index (χ0v) is 17.3. The fourth-order valence-electron chi connectivity index (χ4n) is 3.32. The predicted molar refractivity (Wildman–Crippen MR) is 113 cm³/mol. The van der Waals surface area contributed by atoms with Crippen LogP contribution in [0.3, 0.4) is 0 Å². The van der Waals surface area contributed by atoms with Gasteiger partial charge in [0.25, 0.3) is 5.91 Å². The van der Waals surface area contributed by atoms with Crippen molar-refractivity contribution in [1.29, 1.82) is 0 Å². The number of amides is 3. The van der Waals surface area contributed by atoms with Crippen LogP contribution >= 0.6 is 0 Å². The Balaban J connectivity index is 1.67. The number of carbonyl (C=O) groups is 3. The van der Waals surface area contributed by atoms with Gasteiger partial charge in [0.1, 0.15) is 0 Å². The highest BCUT2D eigenvalue weighted by molar-refractivity contribution is 6.05. The second-order valence-corrected chi connectivity index (χ2v) is 7.07. The van der Waals surface area contributed by atoms with Crippen LogP contribution in [-0.2, 0) is 14.4 Å². The number of benzene rings is 2. The average molecular weight is 411 g/mol. The molecule has 0 unspecified atom stereocenters. The quantitative estimate of drug-likeness (QED) is 0.788. The average Bonchev–Trinajstić information content (AvgIpc) is 2.86. The van der Waals surface area contributed by atoms with Crippen LogP contribution in [0.2, 0.25) is 0 Å². The minimum absolute atomic E-state index is 0.138. The summed E-state index contributed by atoms with van der Waals surface area (Å²) in [4.78, 5) is 40.5. The van der Waals surface area contributed by atoms with E-state index in [0.717, 1.165) is 0 Å². The highest BCUT2D eigenvalue weighted by atomic mass is 16.5. The summed E-state index contributed by atoms with van der Waals surface area (Å²) in [6.45, 7) is 1.45.